The van der Waals surface area contributed by atoms with E-state index in [2.05, 4.69) is 20.5 Å². The van der Waals surface area contributed by atoms with Crippen LogP contribution in [0.3, 0.4) is 0 Å². The van der Waals surface area contributed by atoms with Crippen LogP contribution in [0.15, 0.2) is 54.9 Å². The SMILES string of the molecule is CNCCCNC(=O)CN(Cc1cccnc1)c1ccccc1. The van der Waals surface area contributed by atoms with E-state index in [1.54, 1.807) is 6.20 Å². The molecule has 2 rings (SSSR count). The van der Waals surface area contributed by atoms with E-state index in [0.29, 0.717) is 19.6 Å². The van der Waals surface area contributed by atoms with Gasteiger partial charge >= 0.3 is 0 Å². The number of nitrogens with one attached hydrogen (secondary N) is 2. The summed E-state index contributed by atoms with van der Waals surface area (Å²) in [7, 11) is 1.91. The van der Waals surface area contributed by atoms with Crippen LogP contribution in [0.2, 0.25) is 0 Å². The number of carbonyl (C=O) groups is 1. The molecule has 0 radical (unpaired) electrons. The number of para-hydroxylation sites is 1. The van der Waals surface area contributed by atoms with E-state index in [0.717, 1.165) is 24.2 Å². The molecule has 5 heteroatoms. The van der Waals surface area contributed by atoms with Crippen molar-refractivity contribution in [2.75, 3.05) is 31.6 Å². The van der Waals surface area contributed by atoms with Crippen molar-refractivity contribution in [3.05, 3.63) is 60.4 Å². The molecule has 0 atom stereocenters. The van der Waals surface area contributed by atoms with Gasteiger partial charge in [0.2, 0.25) is 5.91 Å². The van der Waals surface area contributed by atoms with Crippen LogP contribution in [0.1, 0.15) is 12.0 Å². The number of amides is 1. The summed E-state index contributed by atoms with van der Waals surface area (Å²) in [5.74, 6) is 0.0360. The highest BCUT2D eigenvalue weighted by atomic mass is 16.2. The van der Waals surface area contributed by atoms with Gasteiger partial charge in [-0.3, -0.25) is 9.78 Å². The highest BCUT2D eigenvalue weighted by Crippen LogP contribution is 2.16. The van der Waals surface area contributed by atoms with Gasteiger partial charge in [-0.25, -0.2) is 0 Å². The first-order chi connectivity index (χ1) is 11.3. The van der Waals surface area contributed by atoms with Gasteiger partial charge in [0.1, 0.15) is 0 Å². The van der Waals surface area contributed by atoms with Crippen LogP contribution in [-0.4, -0.2) is 37.6 Å². The van der Waals surface area contributed by atoms with Crippen molar-refractivity contribution < 1.29 is 4.79 Å². The van der Waals surface area contributed by atoms with Crippen LogP contribution >= 0.6 is 0 Å². The highest BCUT2D eigenvalue weighted by Gasteiger charge is 2.12. The zero-order chi connectivity index (χ0) is 16.3. The van der Waals surface area contributed by atoms with Crippen LogP contribution in [0, 0.1) is 0 Å². The number of hydrogen-bond acceptors (Lipinski definition) is 4. The van der Waals surface area contributed by atoms with Gasteiger partial charge in [0, 0.05) is 31.2 Å². The molecule has 1 aromatic heterocycles. The average molecular weight is 312 g/mol. The van der Waals surface area contributed by atoms with Gasteiger partial charge in [-0.15, -0.1) is 0 Å². The molecule has 0 aliphatic carbocycles. The molecule has 1 heterocycles. The van der Waals surface area contributed by atoms with Crippen molar-refractivity contribution in [1.82, 2.24) is 15.6 Å². The van der Waals surface area contributed by atoms with Crippen molar-refractivity contribution in [2.24, 2.45) is 0 Å². The van der Waals surface area contributed by atoms with E-state index in [9.17, 15) is 4.79 Å². The Labute approximate surface area is 137 Å². The summed E-state index contributed by atoms with van der Waals surface area (Å²) in [5, 5.41) is 6.04. The number of hydrogen-bond donors (Lipinski definition) is 2. The molecule has 0 saturated carbocycles. The fourth-order valence-electron chi connectivity index (χ4n) is 2.31. The van der Waals surface area contributed by atoms with Crippen LogP contribution in [-0.2, 0) is 11.3 Å². The Morgan fingerprint density at radius 3 is 2.65 bits per heavy atom. The summed E-state index contributed by atoms with van der Waals surface area (Å²) < 4.78 is 0. The number of aromatic nitrogens is 1. The molecule has 0 aliphatic heterocycles. The zero-order valence-electron chi connectivity index (χ0n) is 13.5. The van der Waals surface area contributed by atoms with E-state index in [1.807, 2.05) is 55.7 Å². The number of nitrogens with zero attached hydrogens (tertiary/aromatic N) is 2. The Kier molecular flexibility index (Phi) is 7.07. The largest absolute Gasteiger partial charge is 0.358 e. The van der Waals surface area contributed by atoms with Gasteiger partial charge in [0.15, 0.2) is 0 Å². The van der Waals surface area contributed by atoms with E-state index < -0.39 is 0 Å². The lowest BCUT2D eigenvalue weighted by Crippen LogP contribution is -2.37. The molecule has 122 valence electrons. The average Bonchev–Trinajstić information content (AvgIpc) is 2.60. The quantitative estimate of drug-likeness (QED) is 0.694. The van der Waals surface area contributed by atoms with Crippen LogP contribution in [0.25, 0.3) is 0 Å². The minimum absolute atomic E-state index is 0.0360. The van der Waals surface area contributed by atoms with Crippen LogP contribution in [0.5, 0.6) is 0 Å². The Bertz CT molecular complexity index is 574. The number of carbonyl (C=O) groups excluding carboxylic acids is 1. The van der Waals surface area contributed by atoms with Gasteiger partial charge in [0.05, 0.1) is 6.54 Å². The van der Waals surface area contributed by atoms with Gasteiger partial charge in [-0.2, -0.15) is 0 Å². The third kappa shape index (κ3) is 6.08. The maximum absolute atomic E-state index is 12.2. The summed E-state index contributed by atoms with van der Waals surface area (Å²) in [5.41, 5.74) is 2.11. The maximum Gasteiger partial charge on any atom is 0.239 e. The minimum atomic E-state index is 0.0360. The standard InChI is InChI=1S/C18H24N4O/c1-19-10-6-12-21-18(23)15-22(17-8-3-2-4-9-17)14-16-7-5-11-20-13-16/h2-5,7-9,11,13,19H,6,10,12,14-15H2,1H3,(H,21,23). The third-order valence-corrected chi connectivity index (χ3v) is 3.48. The fourth-order valence-corrected chi connectivity index (χ4v) is 2.31. The van der Waals surface area contributed by atoms with Crippen molar-refractivity contribution in [3.63, 3.8) is 0 Å². The first-order valence-corrected chi connectivity index (χ1v) is 7.90. The number of pyridine rings is 1. The molecule has 0 saturated heterocycles. The summed E-state index contributed by atoms with van der Waals surface area (Å²) in [4.78, 5) is 18.4. The Balaban J connectivity index is 1.98. The van der Waals surface area contributed by atoms with Crippen molar-refractivity contribution in [1.29, 1.82) is 0 Å². The highest BCUT2D eigenvalue weighted by molar-refractivity contribution is 5.81. The van der Waals surface area contributed by atoms with Gasteiger partial charge in [-0.1, -0.05) is 24.3 Å². The zero-order valence-corrected chi connectivity index (χ0v) is 13.5. The number of rotatable bonds is 9. The molecule has 1 aromatic carbocycles. The minimum Gasteiger partial charge on any atom is -0.358 e. The van der Waals surface area contributed by atoms with E-state index in [1.165, 1.54) is 0 Å². The van der Waals surface area contributed by atoms with Crippen LogP contribution in [0.4, 0.5) is 5.69 Å². The predicted octanol–water partition coefficient (Wildman–Crippen LogP) is 1.81. The lowest BCUT2D eigenvalue weighted by Gasteiger charge is -2.24. The molecule has 0 fully saturated rings. The van der Waals surface area contributed by atoms with Crippen LogP contribution < -0.4 is 15.5 Å². The summed E-state index contributed by atoms with van der Waals surface area (Å²) in [6.45, 7) is 2.58. The Morgan fingerprint density at radius 1 is 1.13 bits per heavy atom. The van der Waals surface area contributed by atoms with Crippen molar-refractivity contribution in [2.45, 2.75) is 13.0 Å². The Morgan fingerprint density at radius 2 is 1.96 bits per heavy atom. The smallest absolute Gasteiger partial charge is 0.239 e. The lowest BCUT2D eigenvalue weighted by molar-refractivity contribution is -0.119. The second-order valence-electron chi connectivity index (χ2n) is 5.36. The van der Waals surface area contributed by atoms with Gasteiger partial charge in [0.25, 0.3) is 0 Å². The van der Waals surface area contributed by atoms with Crippen molar-refractivity contribution in [3.8, 4) is 0 Å². The second kappa shape index (κ2) is 9.58. The molecule has 2 aromatic rings. The second-order valence-corrected chi connectivity index (χ2v) is 5.36. The monoisotopic (exact) mass is 312 g/mol. The molecule has 2 N–H and O–H groups in total. The molecular formula is C18H24N4O. The molecule has 0 spiro atoms. The topological polar surface area (TPSA) is 57.3 Å². The fraction of sp³-hybridized carbons (Fsp3) is 0.333. The molecule has 0 aliphatic rings. The van der Waals surface area contributed by atoms with Gasteiger partial charge < -0.3 is 15.5 Å². The number of benzene rings is 1. The maximum atomic E-state index is 12.2. The molecule has 0 unspecified atom stereocenters. The lowest BCUT2D eigenvalue weighted by atomic mass is 10.2. The molecular weight excluding hydrogens is 288 g/mol. The van der Waals surface area contributed by atoms with E-state index >= 15 is 0 Å². The summed E-state index contributed by atoms with van der Waals surface area (Å²) in [6, 6.07) is 13.9. The summed E-state index contributed by atoms with van der Waals surface area (Å²) >= 11 is 0. The molecule has 0 bridgehead atoms. The first kappa shape index (κ1) is 17.0. The molecule has 23 heavy (non-hydrogen) atoms. The van der Waals surface area contributed by atoms with Crippen molar-refractivity contribution >= 4 is 11.6 Å². The molecule has 1 amide bonds. The number of anilines is 1. The van der Waals surface area contributed by atoms with Gasteiger partial charge in [-0.05, 0) is 43.8 Å². The third-order valence-electron chi connectivity index (χ3n) is 3.48. The first-order valence-electron chi connectivity index (χ1n) is 7.90. The summed E-state index contributed by atoms with van der Waals surface area (Å²) in [6.07, 6.45) is 4.52. The van der Waals surface area contributed by atoms with E-state index in [4.69, 9.17) is 0 Å². The molecule has 5 nitrogen and oxygen atoms in total. The normalized spacial score (nSPS) is 10.3. The Hall–Kier alpha value is -2.40. The predicted molar refractivity (Wildman–Crippen MR) is 93.3 cm³/mol. The van der Waals surface area contributed by atoms with E-state index in [-0.39, 0.29) is 5.91 Å².